The Labute approximate surface area is 109 Å². The molecule has 0 saturated carbocycles. The molecule has 1 aromatic carbocycles. The van der Waals surface area contributed by atoms with Crippen LogP contribution in [0.1, 0.15) is 5.56 Å². The fraction of sp³-hybridized carbons (Fsp3) is 0.154. The number of nitrogens with zero attached hydrogens (tertiary/aromatic N) is 2. The van der Waals surface area contributed by atoms with Crippen molar-refractivity contribution in [3.63, 3.8) is 0 Å². The number of hydrogen-bond acceptors (Lipinski definition) is 5. The quantitative estimate of drug-likeness (QED) is 0.635. The Kier molecular flexibility index (Phi) is 3.92. The molecule has 0 radical (unpaired) electrons. The van der Waals surface area contributed by atoms with Gasteiger partial charge >= 0.3 is 5.69 Å². The summed E-state index contributed by atoms with van der Waals surface area (Å²) in [6.45, 7) is 0.530. The zero-order valence-electron chi connectivity index (χ0n) is 10.1. The van der Waals surface area contributed by atoms with E-state index in [4.69, 9.17) is 5.11 Å². The van der Waals surface area contributed by atoms with Crippen molar-refractivity contribution in [2.75, 3.05) is 11.9 Å². The van der Waals surface area contributed by atoms with E-state index in [1.165, 1.54) is 18.3 Å². The van der Waals surface area contributed by atoms with Crippen LogP contribution in [0.2, 0.25) is 0 Å². The monoisotopic (exact) mass is 259 g/mol. The van der Waals surface area contributed by atoms with E-state index in [1.807, 2.05) is 12.1 Å². The average molecular weight is 259 g/mol. The summed E-state index contributed by atoms with van der Waals surface area (Å²) in [6, 6.07) is 9.78. The topological polar surface area (TPSA) is 88.3 Å². The van der Waals surface area contributed by atoms with Gasteiger partial charge in [-0.15, -0.1) is 0 Å². The number of pyridine rings is 1. The van der Waals surface area contributed by atoms with Crippen LogP contribution < -0.4 is 5.32 Å². The Morgan fingerprint density at radius 1 is 1.26 bits per heavy atom. The number of rotatable bonds is 5. The van der Waals surface area contributed by atoms with Crippen LogP contribution in [-0.4, -0.2) is 21.6 Å². The van der Waals surface area contributed by atoms with Crippen LogP contribution in [0.15, 0.2) is 42.6 Å². The van der Waals surface area contributed by atoms with Crippen molar-refractivity contribution >= 4 is 11.5 Å². The van der Waals surface area contributed by atoms with Crippen molar-refractivity contribution in [1.29, 1.82) is 0 Å². The molecule has 0 spiro atoms. The Morgan fingerprint density at radius 2 is 2.00 bits per heavy atom. The third kappa shape index (κ3) is 3.41. The number of aromatic hydroxyl groups is 1. The first kappa shape index (κ1) is 12.8. The SMILES string of the molecule is O=[N+]([O-])c1cccnc1NCCc1ccc(O)cc1. The molecule has 1 heterocycles. The molecule has 2 rings (SSSR count). The van der Waals surface area contributed by atoms with Crippen molar-refractivity contribution in [3.8, 4) is 5.75 Å². The summed E-state index contributed by atoms with van der Waals surface area (Å²) in [4.78, 5) is 14.3. The van der Waals surface area contributed by atoms with Gasteiger partial charge in [-0.05, 0) is 30.2 Å². The molecular weight excluding hydrogens is 246 g/mol. The molecule has 2 N–H and O–H groups in total. The first-order valence-electron chi connectivity index (χ1n) is 5.78. The van der Waals surface area contributed by atoms with E-state index in [2.05, 4.69) is 10.3 Å². The van der Waals surface area contributed by atoms with E-state index in [0.29, 0.717) is 13.0 Å². The zero-order chi connectivity index (χ0) is 13.7. The maximum Gasteiger partial charge on any atom is 0.311 e. The molecule has 0 aliphatic rings. The predicted molar refractivity (Wildman–Crippen MR) is 71.2 cm³/mol. The van der Waals surface area contributed by atoms with Gasteiger partial charge in [0.15, 0.2) is 0 Å². The number of hydrogen-bond donors (Lipinski definition) is 2. The largest absolute Gasteiger partial charge is 0.508 e. The van der Waals surface area contributed by atoms with Gasteiger partial charge in [0.05, 0.1) is 4.92 Å². The van der Waals surface area contributed by atoms with Crippen molar-refractivity contribution in [2.45, 2.75) is 6.42 Å². The maximum atomic E-state index is 10.8. The van der Waals surface area contributed by atoms with Gasteiger partial charge in [0.25, 0.3) is 0 Å². The number of nitro groups is 1. The third-order valence-corrected chi connectivity index (χ3v) is 2.63. The molecule has 98 valence electrons. The van der Waals surface area contributed by atoms with Crippen molar-refractivity contribution in [1.82, 2.24) is 4.98 Å². The van der Waals surface area contributed by atoms with Crippen LogP contribution in [0, 0.1) is 10.1 Å². The lowest BCUT2D eigenvalue weighted by molar-refractivity contribution is -0.384. The van der Waals surface area contributed by atoms with Gasteiger partial charge < -0.3 is 10.4 Å². The highest BCUT2D eigenvalue weighted by molar-refractivity contribution is 5.55. The molecule has 0 amide bonds. The minimum atomic E-state index is -0.462. The smallest absolute Gasteiger partial charge is 0.311 e. The van der Waals surface area contributed by atoms with Crippen molar-refractivity contribution in [3.05, 3.63) is 58.3 Å². The lowest BCUT2D eigenvalue weighted by Gasteiger charge is -2.06. The average Bonchev–Trinajstić information content (AvgIpc) is 2.41. The minimum Gasteiger partial charge on any atom is -0.508 e. The number of benzene rings is 1. The normalized spacial score (nSPS) is 10.1. The first-order chi connectivity index (χ1) is 9.16. The number of aromatic nitrogens is 1. The van der Waals surface area contributed by atoms with Gasteiger partial charge in [-0.25, -0.2) is 4.98 Å². The molecule has 0 bridgehead atoms. The van der Waals surface area contributed by atoms with Gasteiger partial charge in [0.1, 0.15) is 5.75 Å². The fourth-order valence-corrected chi connectivity index (χ4v) is 1.67. The molecule has 6 heteroatoms. The summed E-state index contributed by atoms with van der Waals surface area (Å²) in [6.07, 6.45) is 2.20. The van der Waals surface area contributed by atoms with Crippen LogP contribution in [-0.2, 0) is 6.42 Å². The van der Waals surface area contributed by atoms with Crippen LogP contribution in [0.4, 0.5) is 11.5 Å². The van der Waals surface area contributed by atoms with Crippen LogP contribution in [0.5, 0.6) is 5.75 Å². The Bertz CT molecular complexity index is 570. The number of anilines is 1. The highest BCUT2D eigenvalue weighted by Crippen LogP contribution is 2.20. The highest BCUT2D eigenvalue weighted by Gasteiger charge is 2.12. The molecule has 19 heavy (non-hydrogen) atoms. The molecule has 0 aliphatic heterocycles. The summed E-state index contributed by atoms with van der Waals surface area (Å²) in [7, 11) is 0. The van der Waals surface area contributed by atoms with E-state index in [-0.39, 0.29) is 17.3 Å². The van der Waals surface area contributed by atoms with Crippen LogP contribution >= 0.6 is 0 Å². The second-order valence-corrected chi connectivity index (χ2v) is 3.97. The Balaban J connectivity index is 1.96. The van der Waals surface area contributed by atoms with E-state index >= 15 is 0 Å². The lowest BCUT2D eigenvalue weighted by Crippen LogP contribution is -2.08. The number of nitrogens with one attached hydrogen (secondary N) is 1. The van der Waals surface area contributed by atoms with Crippen molar-refractivity contribution in [2.24, 2.45) is 0 Å². The van der Waals surface area contributed by atoms with Crippen molar-refractivity contribution < 1.29 is 10.0 Å². The van der Waals surface area contributed by atoms with Crippen LogP contribution in [0.25, 0.3) is 0 Å². The van der Waals surface area contributed by atoms with E-state index in [0.717, 1.165) is 5.56 Å². The molecular formula is C13H13N3O3. The highest BCUT2D eigenvalue weighted by atomic mass is 16.6. The van der Waals surface area contributed by atoms with Crippen LogP contribution in [0.3, 0.4) is 0 Å². The number of phenolic OH excluding ortho intramolecular Hbond substituents is 1. The molecule has 0 atom stereocenters. The molecule has 0 saturated heterocycles. The van der Waals surface area contributed by atoms with Gasteiger partial charge in [-0.3, -0.25) is 10.1 Å². The summed E-state index contributed by atoms with van der Waals surface area (Å²) in [5, 5.41) is 22.9. The molecule has 0 fully saturated rings. The second-order valence-electron chi connectivity index (χ2n) is 3.97. The summed E-state index contributed by atoms with van der Waals surface area (Å²) >= 11 is 0. The Morgan fingerprint density at radius 3 is 2.68 bits per heavy atom. The molecule has 1 aromatic heterocycles. The predicted octanol–water partition coefficient (Wildman–Crippen LogP) is 2.35. The second kappa shape index (κ2) is 5.81. The minimum absolute atomic E-state index is 0.0341. The van der Waals surface area contributed by atoms with E-state index in [1.54, 1.807) is 12.1 Å². The summed E-state index contributed by atoms with van der Waals surface area (Å²) in [5.74, 6) is 0.489. The standard InChI is InChI=1S/C13H13N3O3/c17-11-5-3-10(4-6-11)7-9-15-13-12(16(18)19)2-1-8-14-13/h1-6,8,17H,7,9H2,(H,14,15). The van der Waals surface area contributed by atoms with Gasteiger partial charge in [-0.1, -0.05) is 12.1 Å². The number of phenols is 1. The summed E-state index contributed by atoms with van der Waals surface area (Å²) < 4.78 is 0. The van der Waals surface area contributed by atoms with Gasteiger partial charge in [0, 0.05) is 18.8 Å². The molecule has 0 unspecified atom stereocenters. The Hall–Kier alpha value is -2.63. The van der Waals surface area contributed by atoms with E-state index < -0.39 is 4.92 Å². The lowest BCUT2D eigenvalue weighted by atomic mass is 10.1. The third-order valence-electron chi connectivity index (χ3n) is 2.63. The van der Waals surface area contributed by atoms with Gasteiger partial charge in [-0.2, -0.15) is 0 Å². The van der Waals surface area contributed by atoms with Gasteiger partial charge in [0.2, 0.25) is 5.82 Å². The fourth-order valence-electron chi connectivity index (χ4n) is 1.67. The molecule has 0 aliphatic carbocycles. The molecule has 6 nitrogen and oxygen atoms in total. The first-order valence-corrected chi connectivity index (χ1v) is 5.78. The van der Waals surface area contributed by atoms with E-state index in [9.17, 15) is 10.1 Å². The summed E-state index contributed by atoms with van der Waals surface area (Å²) in [5.41, 5.74) is 0.997. The maximum absolute atomic E-state index is 10.8. The molecule has 2 aromatic rings. The zero-order valence-corrected chi connectivity index (χ0v) is 10.1.